The van der Waals surface area contributed by atoms with E-state index in [0.717, 1.165) is 19.4 Å². The molecule has 1 aliphatic rings. The van der Waals surface area contributed by atoms with E-state index >= 15 is 0 Å². The Balaban J connectivity index is 1.78. The van der Waals surface area contributed by atoms with Gasteiger partial charge in [-0.3, -0.25) is 14.2 Å². The van der Waals surface area contributed by atoms with Crippen molar-refractivity contribution in [1.82, 2.24) is 20.2 Å². The molecule has 3 N–H and O–H groups in total. The van der Waals surface area contributed by atoms with Crippen molar-refractivity contribution in [1.29, 1.82) is 0 Å². The van der Waals surface area contributed by atoms with Crippen molar-refractivity contribution < 1.29 is 14.3 Å². The molecule has 1 unspecified atom stereocenters. The summed E-state index contributed by atoms with van der Waals surface area (Å²) in [6.45, 7) is 1.46. The predicted molar refractivity (Wildman–Crippen MR) is 98.1 cm³/mol. The van der Waals surface area contributed by atoms with E-state index in [2.05, 4.69) is 15.6 Å². The quantitative estimate of drug-likeness (QED) is 0.731. The Labute approximate surface area is 156 Å². The molecule has 7 nitrogen and oxygen atoms in total. The molecule has 2 heterocycles. The van der Waals surface area contributed by atoms with Crippen molar-refractivity contribution >= 4 is 5.91 Å². The van der Waals surface area contributed by atoms with Gasteiger partial charge in [-0.05, 0) is 50.0 Å². The number of aryl methyl sites for hydroxylation is 1. The standard InChI is InChI=1S/C19H23FN4O3/c1-21-10-13-4-7-15-23-16(17(25)19(27)24(15)9-8-13)18(26)22-11-12-2-5-14(20)6-3-12/h2-3,5-6,13,21,25H,4,7-11H2,1H3,(H,22,26). The minimum absolute atomic E-state index is 0.142. The fourth-order valence-corrected chi connectivity index (χ4v) is 3.32. The molecule has 1 amide bonds. The Kier molecular flexibility index (Phi) is 5.85. The van der Waals surface area contributed by atoms with E-state index in [0.29, 0.717) is 30.3 Å². The Morgan fingerprint density at radius 2 is 2.07 bits per heavy atom. The molecule has 1 aromatic heterocycles. The number of aromatic nitrogens is 2. The number of amides is 1. The highest BCUT2D eigenvalue weighted by Gasteiger charge is 2.24. The van der Waals surface area contributed by atoms with Crippen LogP contribution in [0.15, 0.2) is 29.1 Å². The molecule has 0 radical (unpaired) electrons. The number of halogens is 1. The lowest BCUT2D eigenvalue weighted by Crippen LogP contribution is -2.31. The molecule has 1 atom stereocenters. The first-order valence-corrected chi connectivity index (χ1v) is 8.99. The highest BCUT2D eigenvalue weighted by molar-refractivity contribution is 5.94. The first kappa shape index (κ1) is 19.0. The van der Waals surface area contributed by atoms with Crippen molar-refractivity contribution in [2.45, 2.75) is 32.4 Å². The van der Waals surface area contributed by atoms with Crippen molar-refractivity contribution in [2.24, 2.45) is 5.92 Å². The van der Waals surface area contributed by atoms with Crippen molar-refractivity contribution in [2.75, 3.05) is 13.6 Å². The lowest BCUT2D eigenvalue weighted by molar-refractivity contribution is 0.0941. The second-order valence-corrected chi connectivity index (χ2v) is 6.74. The molecule has 0 saturated carbocycles. The van der Waals surface area contributed by atoms with Crippen molar-refractivity contribution in [3.8, 4) is 5.75 Å². The Morgan fingerprint density at radius 1 is 1.33 bits per heavy atom. The Hall–Kier alpha value is -2.74. The maximum atomic E-state index is 12.9. The average molecular weight is 374 g/mol. The number of rotatable bonds is 5. The van der Waals surface area contributed by atoms with Crippen LogP contribution in [-0.2, 0) is 19.5 Å². The summed E-state index contributed by atoms with van der Waals surface area (Å²) in [5, 5.41) is 16.0. The van der Waals surface area contributed by atoms with Crippen LogP contribution >= 0.6 is 0 Å². The molecule has 0 saturated heterocycles. The summed E-state index contributed by atoms with van der Waals surface area (Å²) in [5.41, 5.74) is -0.150. The van der Waals surface area contributed by atoms with Crippen LogP contribution in [0.5, 0.6) is 5.75 Å². The summed E-state index contributed by atoms with van der Waals surface area (Å²) in [4.78, 5) is 29.2. The number of hydrogen-bond donors (Lipinski definition) is 3. The second-order valence-electron chi connectivity index (χ2n) is 6.74. The van der Waals surface area contributed by atoms with Crippen LogP contribution in [0, 0.1) is 11.7 Å². The van der Waals surface area contributed by atoms with Crippen LogP contribution in [0.1, 0.15) is 34.7 Å². The summed E-state index contributed by atoms with van der Waals surface area (Å²) in [6.07, 6.45) is 2.24. The van der Waals surface area contributed by atoms with Gasteiger partial charge in [-0.25, -0.2) is 9.37 Å². The second kappa shape index (κ2) is 8.30. The molecule has 0 spiro atoms. The number of carbonyl (C=O) groups excluding carboxylic acids is 1. The molecule has 144 valence electrons. The Morgan fingerprint density at radius 3 is 2.78 bits per heavy atom. The molecule has 0 fully saturated rings. The number of benzene rings is 1. The summed E-state index contributed by atoms with van der Waals surface area (Å²) in [6, 6.07) is 5.70. The van der Waals surface area contributed by atoms with Gasteiger partial charge in [0.05, 0.1) is 0 Å². The number of nitrogens with one attached hydrogen (secondary N) is 2. The summed E-state index contributed by atoms with van der Waals surface area (Å²) < 4.78 is 14.4. The molecular formula is C19H23FN4O3. The van der Waals surface area contributed by atoms with Crippen molar-refractivity contribution in [3.63, 3.8) is 0 Å². The van der Waals surface area contributed by atoms with Crippen LogP contribution in [0.4, 0.5) is 4.39 Å². The van der Waals surface area contributed by atoms with Crippen LogP contribution < -0.4 is 16.2 Å². The van der Waals surface area contributed by atoms with E-state index in [-0.39, 0.29) is 18.1 Å². The molecule has 27 heavy (non-hydrogen) atoms. The number of fused-ring (bicyclic) bond motifs is 1. The summed E-state index contributed by atoms with van der Waals surface area (Å²) in [7, 11) is 1.89. The van der Waals surface area contributed by atoms with E-state index in [9.17, 15) is 19.1 Å². The van der Waals surface area contributed by atoms with Crippen LogP contribution in [0.3, 0.4) is 0 Å². The first-order chi connectivity index (χ1) is 13.0. The van der Waals surface area contributed by atoms with Gasteiger partial charge in [0, 0.05) is 19.5 Å². The third-order valence-electron chi connectivity index (χ3n) is 4.84. The van der Waals surface area contributed by atoms with Gasteiger partial charge in [-0.1, -0.05) is 12.1 Å². The third-order valence-corrected chi connectivity index (χ3v) is 4.84. The Bertz CT molecular complexity index is 880. The lowest BCUT2D eigenvalue weighted by atomic mass is 10.0. The van der Waals surface area contributed by atoms with Gasteiger partial charge in [-0.15, -0.1) is 0 Å². The molecule has 8 heteroatoms. The maximum absolute atomic E-state index is 12.9. The average Bonchev–Trinajstić information content (AvgIpc) is 2.87. The van der Waals surface area contributed by atoms with Crippen molar-refractivity contribution in [3.05, 3.63) is 57.5 Å². The molecule has 0 bridgehead atoms. The smallest absolute Gasteiger partial charge is 0.296 e. The third kappa shape index (κ3) is 4.33. The maximum Gasteiger partial charge on any atom is 0.296 e. The first-order valence-electron chi connectivity index (χ1n) is 8.99. The summed E-state index contributed by atoms with van der Waals surface area (Å²) >= 11 is 0. The largest absolute Gasteiger partial charge is 0.501 e. The van der Waals surface area contributed by atoms with Gasteiger partial charge < -0.3 is 15.7 Å². The van der Waals surface area contributed by atoms with Gasteiger partial charge in [-0.2, -0.15) is 0 Å². The molecule has 1 aliphatic heterocycles. The van der Waals surface area contributed by atoms with Crippen LogP contribution in [0.25, 0.3) is 0 Å². The minimum Gasteiger partial charge on any atom is -0.501 e. The fraction of sp³-hybridized carbons (Fsp3) is 0.421. The van der Waals surface area contributed by atoms with Crippen LogP contribution in [0.2, 0.25) is 0 Å². The normalized spacial score (nSPS) is 16.4. The molecule has 1 aromatic carbocycles. The number of aromatic hydroxyl groups is 1. The predicted octanol–water partition coefficient (Wildman–Crippen LogP) is 1.19. The highest BCUT2D eigenvalue weighted by Crippen LogP contribution is 2.20. The van der Waals surface area contributed by atoms with E-state index < -0.39 is 17.2 Å². The lowest BCUT2D eigenvalue weighted by Gasteiger charge is -2.12. The number of hydrogen-bond acceptors (Lipinski definition) is 5. The zero-order chi connectivity index (χ0) is 19.4. The van der Waals surface area contributed by atoms with Crippen LogP contribution in [-0.4, -0.2) is 34.2 Å². The summed E-state index contributed by atoms with van der Waals surface area (Å²) in [5.74, 6) is -0.701. The molecule has 3 rings (SSSR count). The van der Waals surface area contributed by atoms with Gasteiger partial charge in [0.25, 0.3) is 11.5 Å². The molecule has 0 aliphatic carbocycles. The topological polar surface area (TPSA) is 96.2 Å². The minimum atomic E-state index is -0.637. The zero-order valence-corrected chi connectivity index (χ0v) is 15.2. The van der Waals surface area contributed by atoms with E-state index in [1.54, 1.807) is 12.1 Å². The SMILES string of the molecule is CNCC1CCc2nc(C(=O)NCc3ccc(F)cc3)c(O)c(=O)n2CC1. The molecule has 2 aromatic rings. The molecular weight excluding hydrogens is 351 g/mol. The number of carbonyl (C=O) groups is 1. The zero-order valence-electron chi connectivity index (χ0n) is 15.2. The van der Waals surface area contributed by atoms with E-state index in [1.807, 2.05) is 7.05 Å². The van der Waals surface area contributed by atoms with E-state index in [1.165, 1.54) is 16.7 Å². The van der Waals surface area contributed by atoms with E-state index in [4.69, 9.17) is 0 Å². The highest BCUT2D eigenvalue weighted by atomic mass is 19.1. The van der Waals surface area contributed by atoms with Gasteiger partial charge in [0.15, 0.2) is 5.69 Å². The monoisotopic (exact) mass is 374 g/mol. The van der Waals surface area contributed by atoms with Gasteiger partial charge >= 0.3 is 0 Å². The number of nitrogens with zero attached hydrogens (tertiary/aromatic N) is 2. The van der Waals surface area contributed by atoms with Gasteiger partial charge in [0.1, 0.15) is 11.6 Å². The van der Waals surface area contributed by atoms with Gasteiger partial charge in [0.2, 0.25) is 5.75 Å². The fourth-order valence-electron chi connectivity index (χ4n) is 3.32.